The van der Waals surface area contributed by atoms with Crippen LogP contribution >= 0.6 is 0 Å². The Hall–Kier alpha value is -1.61. The molecule has 1 fully saturated rings. The van der Waals surface area contributed by atoms with Crippen molar-refractivity contribution >= 4 is 12.0 Å². The first-order valence-electron chi connectivity index (χ1n) is 7.33. The SMILES string of the molecule is Cc1ccc(C=CC(=O)N2CCCC(CCO)C2)cc1. The highest BCUT2D eigenvalue weighted by Gasteiger charge is 2.21. The van der Waals surface area contributed by atoms with Gasteiger partial charge in [0.1, 0.15) is 0 Å². The van der Waals surface area contributed by atoms with Gasteiger partial charge in [0.15, 0.2) is 0 Å². The van der Waals surface area contributed by atoms with E-state index in [-0.39, 0.29) is 12.5 Å². The number of piperidine rings is 1. The molecule has 1 heterocycles. The van der Waals surface area contributed by atoms with Crippen molar-refractivity contribution in [2.24, 2.45) is 5.92 Å². The first-order chi connectivity index (χ1) is 9.69. The summed E-state index contributed by atoms with van der Waals surface area (Å²) in [7, 11) is 0. The predicted octanol–water partition coefficient (Wildman–Crippen LogP) is 2.63. The molecule has 1 aliphatic heterocycles. The summed E-state index contributed by atoms with van der Waals surface area (Å²) in [6, 6.07) is 8.12. The molecule has 2 rings (SSSR count). The van der Waals surface area contributed by atoms with Gasteiger partial charge in [-0.1, -0.05) is 29.8 Å². The fraction of sp³-hybridized carbons (Fsp3) is 0.471. The molecule has 1 aromatic rings. The maximum Gasteiger partial charge on any atom is 0.246 e. The van der Waals surface area contributed by atoms with Crippen LogP contribution in [0.15, 0.2) is 30.3 Å². The molecule has 0 saturated carbocycles. The molecule has 1 aromatic carbocycles. The molecule has 20 heavy (non-hydrogen) atoms. The van der Waals surface area contributed by atoms with Crippen molar-refractivity contribution in [1.29, 1.82) is 0 Å². The van der Waals surface area contributed by atoms with Crippen molar-refractivity contribution in [3.8, 4) is 0 Å². The van der Waals surface area contributed by atoms with Crippen LogP contribution in [0.25, 0.3) is 6.08 Å². The highest BCUT2D eigenvalue weighted by Crippen LogP contribution is 2.19. The van der Waals surface area contributed by atoms with Crippen LogP contribution in [0.1, 0.15) is 30.4 Å². The van der Waals surface area contributed by atoms with Crippen molar-refractivity contribution in [3.05, 3.63) is 41.5 Å². The Morgan fingerprint density at radius 2 is 2.15 bits per heavy atom. The number of carbonyl (C=O) groups is 1. The number of nitrogens with zero attached hydrogens (tertiary/aromatic N) is 1. The lowest BCUT2D eigenvalue weighted by molar-refractivity contribution is -0.127. The highest BCUT2D eigenvalue weighted by atomic mass is 16.3. The van der Waals surface area contributed by atoms with Gasteiger partial charge in [-0.2, -0.15) is 0 Å². The van der Waals surface area contributed by atoms with E-state index >= 15 is 0 Å². The van der Waals surface area contributed by atoms with Gasteiger partial charge in [-0.05, 0) is 43.7 Å². The third kappa shape index (κ3) is 4.20. The van der Waals surface area contributed by atoms with E-state index in [9.17, 15) is 4.79 Å². The van der Waals surface area contributed by atoms with Crippen LogP contribution in [0.2, 0.25) is 0 Å². The van der Waals surface area contributed by atoms with Gasteiger partial charge < -0.3 is 10.0 Å². The van der Waals surface area contributed by atoms with E-state index in [1.165, 1.54) is 5.56 Å². The fourth-order valence-electron chi connectivity index (χ4n) is 2.63. The molecular weight excluding hydrogens is 250 g/mol. The summed E-state index contributed by atoms with van der Waals surface area (Å²) in [5.74, 6) is 0.527. The molecule has 3 nitrogen and oxygen atoms in total. The molecule has 1 atom stereocenters. The van der Waals surface area contributed by atoms with Gasteiger partial charge in [0.2, 0.25) is 5.91 Å². The molecule has 1 N–H and O–H groups in total. The smallest absolute Gasteiger partial charge is 0.246 e. The highest BCUT2D eigenvalue weighted by molar-refractivity contribution is 5.91. The quantitative estimate of drug-likeness (QED) is 0.857. The summed E-state index contributed by atoms with van der Waals surface area (Å²) in [6.07, 6.45) is 6.48. The molecule has 1 saturated heterocycles. The van der Waals surface area contributed by atoms with Crippen LogP contribution < -0.4 is 0 Å². The minimum absolute atomic E-state index is 0.0771. The van der Waals surface area contributed by atoms with Crippen LogP contribution in [0.5, 0.6) is 0 Å². The third-order valence-corrected chi connectivity index (χ3v) is 3.86. The lowest BCUT2D eigenvalue weighted by Crippen LogP contribution is -2.39. The van der Waals surface area contributed by atoms with Crippen LogP contribution in [-0.4, -0.2) is 35.6 Å². The summed E-state index contributed by atoms with van der Waals surface area (Å²) in [5.41, 5.74) is 2.27. The minimum Gasteiger partial charge on any atom is -0.396 e. The largest absolute Gasteiger partial charge is 0.396 e. The number of aliphatic hydroxyl groups is 1. The summed E-state index contributed by atoms with van der Waals surface area (Å²) < 4.78 is 0. The second kappa shape index (κ2) is 7.25. The van der Waals surface area contributed by atoms with E-state index in [1.807, 2.05) is 42.2 Å². The minimum atomic E-state index is 0.0771. The van der Waals surface area contributed by atoms with Crippen molar-refractivity contribution in [1.82, 2.24) is 4.90 Å². The number of hydrogen-bond donors (Lipinski definition) is 1. The standard InChI is InChI=1S/C17H23NO2/c1-14-4-6-15(7-5-14)8-9-17(20)18-11-2-3-16(13-18)10-12-19/h4-9,16,19H,2-3,10-13H2,1H3. The Bertz CT molecular complexity index is 462. The Balaban J connectivity index is 1.92. The molecule has 108 valence electrons. The second-order valence-corrected chi connectivity index (χ2v) is 5.55. The van der Waals surface area contributed by atoms with Crippen LogP contribution in [0.3, 0.4) is 0 Å². The van der Waals surface area contributed by atoms with Gasteiger partial charge in [0.05, 0.1) is 0 Å². The molecule has 1 unspecified atom stereocenters. The molecule has 0 bridgehead atoms. The Kier molecular flexibility index (Phi) is 5.36. The van der Waals surface area contributed by atoms with Crippen molar-refractivity contribution in [2.45, 2.75) is 26.2 Å². The van der Waals surface area contributed by atoms with Gasteiger partial charge >= 0.3 is 0 Å². The van der Waals surface area contributed by atoms with Crippen molar-refractivity contribution in [3.63, 3.8) is 0 Å². The Labute approximate surface area is 120 Å². The molecule has 1 amide bonds. The number of benzene rings is 1. The van der Waals surface area contributed by atoms with Crippen LogP contribution in [-0.2, 0) is 4.79 Å². The van der Waals surface area contributed by atoms with Gasteiger partial charge in [0, 0.05) is 25.8 Å². The summed E-state index contributed by atoms with van der Waals surface area (Å²) in [6.45, 7) is 3.87. The number of rotatable bonds is 4. The van der Waals surface area contributed by atoms with Crippen LogP contribution in [0.4, 0.5) is 0 Å². The Morgan fingerprint density at radius 3 is 2.85 bits per heavy atom. The van der Waals surface area contributed by atoms with Crippen molar-refractivity contribution < 1.29 is 9.90 Å². The topological polar surface area (TPSA) is 40.5 Å². The zero-order valence-electron chi connectivity index (χ0n) is 12.1. The average molecular weight is 273 g/mol. The summed E-state index contributed by atoms with van der Waals surface area (Å²) >= 11 is 0. The van der Waals surface area contributed by atoms with E-state index in [4.69, 9.17) is 5.11 Å². The first kappa shape index (κ1) is 14.8. The van der Waals surface area contributed by atoms with E-state index in [0.717, 1.165) is 37.9 Å². The molecule has 0 spiro atoms. The van der Waals surface area contributed by atoms with E-state index in [1.54, 1.807) is 6.08 Å². The molecule has 0 radical (unpaired) electrons. The molecule has 3 heteroatoms. The summed E-state index contributed by atoms with van der Waals surface area (Å²) in [5, 5.41) is 9.00. The number of aryl methyl sites for hydroxylation is 1. The van der Waals surface area contributed by atoms with Gasteiger partial charge in [-0.15, -0.1) is 0 Å². The maximum absolute atomic E-state index is 12.2. The van der Waals surface area contributed by atoms with E-state index < -0.39 is 0 Å². The fourth-order valence-corrected chi connectivity index (χ4v) is 2.63. The molecule has 0 aliphatic carbocycles. The maximum atomic E-state index is 12.2. The van der Waals surface area contributed by atoms with Gasteiger partial charge in [-0.3, -0.25) is 4.79 Å². The molecular formula is C17H23NO2. The number of amides is 1. The molecule has 0 aromatic heterocycles. The van der Waals surface area contributed by atoms with E-state index in [2.05, 4.69) is 0 Å². The number of carbonyl (C=O) groups excluding carboxylic acids is 1. The van der Waals surface area contributed by atoms with Crippen LogP contribution in [0, 0.1) is 12.8 Å². The Morgan fingerprint density at radius 1 is 1.40 bits per heavy atom. The second-order valence-electron chi connectivity index (χ2n) is 5.55. The zero-order valence-corrected chi connectivity index (χ0v) is 12.1. The monoisotopic (exact) mass is 273 g/mol. The number of hydrogen-bond acceptors (Lipinski definition) is 2. The predicted molar refractivity (Wildman–Crippen MR) is 81.2 cm³/mol. The van der Waals surface area contributed by atoms with E-state index in [0.29, 0.717) is 5.92 Å². The first-order valence-corrected chi connectivity index (χ1v) is 7.33. The van der Waals surface area contributed by atoms with Gasteiger partial charge in [-0.25, -0.2) is 0 Å². The third-order valence-electron chi connectivity index (χ3n) is 3.86. The lowest BCUT2D eigenvalue weighted by atomic mass is 9.95. The number of likely N-dealkylation sites (tertiary alicyclic amines) is 1. The van der Waals surface area contributed by atoms with Gasteiger partial charge in [0.25, 0.3) is 0 Å². The number of aliphatic hydroxyl groups excluding tert-OH is 1. The average Bonchev–Trinajstić information content (AvgIpc) is 2.47. The molecule has 1 aliphatic rings. The zero-order chi connectivity index (χ0) is 14.4. The lowest BCUT2D eigenvalue weighted by Gasteiger charge is -2.31. The summed E-state index contributed by atoms with van der Waals surface area (Å²) in [4.78, 5) is 14.1. The normalized spacial score (nSPS) is 19.5. The van der Waals surface area contributed by atoms with Crippen molar-refractivity contribution in [2.75, 3.05) is 19.7 Å².